The monoisotopic (exact) mass is 309 g/mol. The molecule has 0 amide bonds. The summed E-state index contributed by atoms with van der Waals surface area (Å²) < 4.78 is 0. The molecule has 1 aromatic heterocycles. The second kappa shape index (κ2) is 5.50. The first-order valence-corrected chi connectivity index (χ1v) is 9.75. The van der Waals surface area contributed by atoms with E-state index in [9.17, 15) is 0 Å². The van der Waals surface area contributed by atoms with Gasteiger partial charge in [-0.1, -0.05) is 6.92 Å². The molecule has 5 heteroatoms. The van der Waals surface area contributed by atoms with Gasteiger partial charge in [-0.25, -0.2) is 4.98 Å². The Morgan fingerprint density at radius 1 is 1.30 bits per heavy atom. The zero-order valence-electron chi connectivity index (χ0n) is 12.1. The Bertz CT molecular complexity index is 479. The van der Waals surface area contributed by atoms with E-state index in [0.29, 0.717) is 0 Å². The summed E-state index contributed by atoms with van der Waals surface area (Å²) in [4.78, 5) is 9.05. The summed E-state index contributed by atoms with van der Waals surface area (Å²) in [5.41, 5.74) is 1.42. The zero-order valence-corrected chi connectivity index (χ0v) is 13.7. The molecule has 1 atom stereocenters. The third-order valence-corrected chi connectivity index (χ3v) is 6.59. The molecule has 3 aliphatic rings. The molecule has 20 heavy (non-hydrogen) atoms. The van der Waals surface area contributed by atoms with Crippen molar-refractivity contribution in [3.05, 3.63) is 10.6 Å². The summed E-state index contributed by atoms with van der Waals surface area (Å²) in [6.07, 6.45) is 5.44. The second-order valence-corrected chi connectivity index (χ2v) is 8.97. The van der Waals surface area contributed by atoms with Crippen molar-refractivity contribution in [2.75, 3.05) is 23.7 Å². The summed E-state index contributed by atoms with van der Waals surface area (Å²) in [6, 6.07) is 0.791. The molecule has 110 valence electrons. The summed E-state index contributed by atoms with van der Waals surface area (Å²) in [5, 5.41) is 5.69. The van der Waals surface area contributed by atoms with E-state index in [1.807, 2.05) is 11.3 Å². The van der Waals surface area contributed by atoms with E-state index in [1.54, 1.807) is 0 Å². The number of hydrogen-bond acceptors (Lipinski definition) is 5. The second-order valence-electron chi connectivity index (χ2n) is 6.36. The number of hydrogen-bond donors (Lipinski definition) is 1. The van der Waals surface area contributed by atoms with Crippen molar-refractivity contribution < 1.29 is 0 Å². The first-order chi connectivity index (χ1) is 9.79. The van der Waals surface area contributed by atoms with Gasteiger partial charge in [0.1, 0.15) is 0 Å². The smallest absolute Gasteiger partial charge is 0.185 e. The van der Waals surface area contributed by atoms with Crippen molar-refractivity contribution in [3.8, 4) is 0 Å². The van der Waals surface area contributed by atoms with Crippen LogP contribution in [0.4, 0.5) is 5.13 Å². The van der Waals surface area contributed by atoms with Gasteiger partial charge < -0.3 is 10.2 Å². The average molecular weight is 310 g/mol. The molecule has 2 heterocycles. The number of anilines is 1. The number of nitrogens with zero attached hydrogens (tertiary/aromatic N) is 2. The lowest BCUT2D eigenvalue weighted by Crippen LogP contribution is -2.36. The van der Waals surface area contributed by atoms with Crippen LogP contribution in [0.1, 0.15) is 49.1 Å². The van der Waals surface area contributed by atoms with Crippen LogP contribution in [-0.2, 0) is 6.54 Å². The lowest BCUT2D eigenvalue weighted by molar-refractivity contribution is 0.688. The molecule has 4 rings (SSSR count). The van der Waals surface area contributed by atoms with Crippen molar-refractivity contribution in [1.82, 2.24) is 10.3 Å². The Hall–Kier alpha value is -0.260. The summed E-state index contributed by atoms with van der Waals surface area (Å²) in [5.74, 6) is 2.02. The summed E-state index contributed by atoms with van der Waals surface area (Å²) >= 11 is 4.04. The minimum Gasteiger partial charge on any atom is -0.346 e. The summed E-state index contributed by atoms with van der Waals surface area (Å²) in [6.45, 7) is 5.72. The molecule has 0 radical (unpaired) electrons. The van der Waals surface area contributed by atoms with E-state index < -0.39 is 0 Å². The van der Waals surface area contributed by atoms with E-state index in [2.05, 4.69) is 28.9 Å². The number of aromatic nitrogens is 1. The van der Waals surface area contributed by atoms with Crippen molar-refractivity contribution in [2.24, 2.45) is 0 Å². The number of thiazole rings is 1. The molecule has 3 fully saturated rings. The van der Waals surface area contributed by atoms with Crippen molar-refractivity contribution in [3.63, 3.8) is 0 Å². The van der Waals surface area contributed by atoms with Crippen LogP contribution in [-0.4, -0.2) is 35.1 Å². The first-order valence-electron chi connectivity index (χ1n) is 7.89. The molecule has 0 aromatic carbocycles. The lowest BCUT2D eigenvalue weighted by Gasteiger charge is -2.30. The highest BCUT2D eigenvalue weighted by Crippen LogP contribution is 2.44. The van der Waals surface area contributed by atoms with Crippen LogP contribution in [0.15, 0.2) is 0 Å². The molecular weight excluding hydrogens is 286 g/mol. The fourth-order valence-electron chi connectivity index (χ4n) is 2.80. The Balaban J connectivity index is 1.51. The molecule has 1 unspecified atom stereocenters. The highest BCUT2D eigenvalue weighted by atomic mass is 32.2. The maximum Gasteiger partial charge on any atom is 0.185 e. The zero-order chi connectivity index (χ0) is 13.5. The fourth-order valence-corrected chi connectivity index (χ4v) is 4.95. The van der Waals surface area contributed by atoms with E-state index >= 15 is 0 Å². The third kappa shape index (κ3) is 3.00. The quantitative estimate of drug-likeness (QED) is 0.904. The van der Waals surface area contributed by atoms with E-state index in [0.717, 1.165) is 30.3 Å². The normalized spacial score (nSPS) is 27.1. The highest BCUT2D eigenvalue weighted by molar-refractivity contribution is 8.00. The SMILES string of the molecule is CC1CN(c2nc(C3CC3)c(CNC3CC3)s2)CCS1. The molecule has 1 aromatic rings. The van der Waals surface area contributed by atoms with Gasteiger partial charge in [0.25, 0.3) is 0 Å². The summed E-state index contributed by atoms with van der Waals surface area (Å²) in [7, 11) is 0. The largest absolute Gasteiger partial charge is 0.346 e. The molecule has 1 saturated heterocycles. The van der Waals surface area contributed by atoms with E-state index in [-0.39, 0.29) is 0 Å². The topological polar surface area (TPSA) is 28.2 Å². The minimum atomic E-state index is 0.741. The maximum atomic E-state index is 5.02. The van der Waals surface area contributed by atoms with Crippen LogP contribution < -0.4 is 10.2 Å². The molecular formula is C15H23N3S2. The van der Waals surface area contributed by atoms with Crippen molar-refractivity contribution in [2.45, 2.75) is 56.4 Å². The predicted octanol–water partition coefficient (Wildman–Crippen LogP) is 3.21. The molecule has 1 N–H and O–H groups in total. The minimum absolute atomic E-state index is 0.741. The van der Waals surface area contributed by atoms with Crippen LogP contribution in [0.5, 0.6) is 0 Å². The Kier molecular flexibility index (Phi) is 3.69. The molecule has 3 nitrogen and oxygen atoms in total. The molecule has 0 spiro atoms. The van der Waals surface area contributed by atoms with Crippen LogP contribution in [0.3, 0.4) is 0 Å². The van der Waals surface area contributed by atoms with Gasteiger partial charge in [-0.2, -0.15) is 11.8 Å². The molecule has 2 saturated carbocycles. The lowest BCUT2D eigenvalue weighted by atomic mass is 10.2. The van der Waals surface area contributed by atoms with Crippen molar-refractivity contribution >= 4 is 28.2 Å². The Morgan fingerprint density at radius 3 is 2.85 bits per heavy atom. The van der Waals surface area contributed by atoms with Gasteiger partial charge in [0.15, 0.2) is 5.13 Å². The molecule has 2 aliphatic carbocycles. The fraction of sp³-hybridized carbons (Fsp3) is 0.800. The maximum absolute atomic E-state index is 5.02. The van der Waals surface area contributed by atoms with Gasteiger partial charge in [-0.3, -0.25) is 0 Å². The van der Waals surface area contributed by atoms with Gasteiger partial charge in [-0.05, 0) is 25.7 Å². The Labute approximate surface area is 129 Å². The number of nitrogens with one attached hydrogen (secondary N) is 1. The Morgan fingerprint density at radius 2 is 2.15 bits per heavy atom. The standard InChI is InChI=1S/C15H23N3S2/c1-10-9-18(6-7-19-10)15-17-14(11-2-3-11)13(20-15)8-16-12-4-5-12/h10-12,16H,2-9H2,1H3. The van der Waals surface area contributed by atoms with E-state index in [4.69, 9.17) is 4.98 Å². The van der Waals surface area contributed by atoms with Crippen LogP contribution in [0.25, 0.3) is 0 Å². The van der Waals surface area contributed by atoms with Crippen molar-refractivity contribution in [1.29, 1.82) is 0 Å². The van der Waals surface area contributed by atoms with Gasteiger partial charge in [0.05, 0.1) is 5.69 Å². The average Bonchev–Trinajstić information content (AvgIpc) is 3.36. The van der Waals surface area contributed by atoms with Crippen LogP contribution >= 0.6 is 23.1 Å². The first kappa shape index (κ1) is 13.4. The van der Waals surface area contributed by atoms with Crippen LogP contribution in [0, 0.1) is 0 Å². The van der Waals surface area contributed by atoms with Gasteiger partial charge in [0.2, 0.25) is 0 Å². The van der Waals surface area contributed by atoms with Gasteiger partial charge >= 0.3 is 0 Å². The predicted molar refractivity (Wildman–Crippen MR) is 88.1 cm³/mol. The third-order valence-electron chi connectivity index (χ3n) is 4.32. The number of thioether (sulfide) groups is 1. The van der Waals surface area contributed by atoms with Gasteiger partial charge in [0, 0.05) is 47.5 Å². The van der Waals surface area contributed by atoms with Crippen LogP contribution in [0.2, 0.25) is 0 Å². The van der Waals surface area contributed by atoms with E-state index in [1.165, 1.54) is 53.7 Å². The highest BCUT2D eigenvalue weighted by Gasteiger charge is 2.32. The molecule has 1 aliphatic heterocycles. The molecule has 0 bridgehead atoms. The number of rotatable bonds is 5. The van der Waals surface area contributed by atoms with Gasteiger partial charge in [-0.15, -0.1) is 11.3 Å².